The normalized spacial score (nSPS) is 14.3. The van der Waals surface area contributed by atoms with Crippen molar-refractivity contribution in [3.63, 3.8) is 0 Å². The first-order valence-corrected chi connectivity index (χ1v) is 10.4. The van der Waals surface area contributed by atoms with Crippen LogP contribution < -0.4 is 10.6 Å². The second-order valence-electron chi connectivity index (χ2n) is 6.89. The molecule has 0 aliphatic heterocycles. The molecule has 1 atom stereocenters. The molecule has 0 fully saturated rings. The molecule has 0 bridgehead atoms. The van der Waals surface area contributed by atoms with Gasteiger partial charge in [0.1, 0.15) is 9.84 Å². The maximum absolute atomic E-state index is 11.3. The van der Waals surface area contributed by atoms with E-state index in [4.69, 9.17) is 11.6 Å². The van der Waals surface area contributed by atoms with Crippen molar-refractivity contribution in [1.82, 2.24) is 10.6 Å². The van der Waals surface area contributed by atoms with Gasteiger partial charge in [0.2, 0.25) is 0 Å². The summed E-state index contributed by atoms with van der Waals surface area (Å²) in [5, 5.41) is 7.29. The van der Waals surface area contributed by atoms with Crippen LogP contribution >= 0.6 is 11.6 Å². The van der Waals surface area contributed by atoms with Gasteiger partial charge in [-0.25, -0.2) is 8.42 Å². The Labute approximate surface area is 150 Å². The second kappa shape index (κ2) is 8.72. The van der Waals surface area contributed by atoms with Crippen molar-refractivity contribution in [2.45, 2.75) is 33.2 Å². The molecule has 0 aliphatic rings. The number of aliphatic imine (C=N–C) groups is 1. The maximum Gasteiger partial charge on any atom is 0.191 e. The Morgan fingerprint density at radius 2 is 2.04 bits per heavy atom. The average Bonchev–Trinajstić information content (AvgIpc) is 2.49. The molecule has 7 heteroatoms. The molecule has 1 unspecified atom stereocenters. The molecular formula is C17H28ClN3O2S. The van der Waals surface area contributed by atoms with Crippen molar-refractivity contribution >= 4 is 27.4 Å². The molecule has 0 saturated heterocycles. The van der Waals surface area contributed by atoms with Crippen LogP contribution in [0.2, 0.25) is 5.02 Å². The van der Waals surface area contributed by atoms with Crippen LogP contribution in [-0.4, -0.2) is 40.0 Å². The maximum atomic E-state index is 11.3. The quantitative estimate of drug-likeness (QED) is 0.569. The SMILES string of the molecule is CN=C(NCC(C)(C)CCS(C)(=O)=O)NC(C)c1cccc(Cl)c1. The highest BCUT2D eigenvalue weighted by Crippen LogP contribution is 2.20. The van der Waals surface area contributed by atoms with Gasteiger partial charge in [-0.3, -0.25) is 4.99 Å². The lowest BCUT2D eigenvalue weighted by molar-refractivity contribution is 0.348. The highest BCUT2D eigenvalue weighted by Gasteiger charge is 2.21. The monoisotopic (exact) mass is 373 g/mol. The predicted molar refractivity (Wildman–Crippen MR) is 102 cm³/mol. The summed E-state index contributed by atoms with van der Waals surface area (Å²) in [6.45, 7) is 6.75. The zero-order valence-corrected chi connectivity index (χ0v) is 16.6. The molecule has 0 saturated carbocycles. The summed E-state index contributed by atoms with van der Waals surface area (Å²) in [6, 6.07) is 7.74. The Bertz CT molecular complexity index is 672. The lowest BCUT2D eigenvalue weighted by Crippen LogP contribution is -2.43. The van der Waals surface area contributed by atoms with Crippen molar-refractivity contribution in [2.24, 2.45) is 10.4 Å². The van der Waals surface area contributed by atoms with E-state index in [0.29, 0.717) is 23.9 Å². The minimum atomic E-state index is -2.95. The largest absolute Gasteiger partial charge is 0.356 e. The van der Waals surface area contributed by atoms with Crippen LogP contribution in [0.1, 0.15) is 38.8 Å². The summed E-state index contributed by atoms with van der Waals surface area (Å²) in [7, 11) is -1.23. The fourth-order valence-electron chi connectivity index (χ4n) is 2.13. The van der Waals surface area contributed by atoms with E-state index in [2.05, 4.69) is 15.6 Å². The molecule has 2 N–H and O–H groups in total. The van der Waals surface area contributed by atoms with E-state index in [9.17, 15) is 8.42 Å². The summed E-state index contributed by atoms with van der Waals surface area (Å²) < 4.78 is 22.7. The summed E-state index contributed by atoms with van der Waals surface area (Å²) in [5.41, 5.74) is 0.918. The highest BCUT2D eigenvalue weighted by molar-refractivity contribution is 7.90. The van der Waals surface area contributed by atoms with Crippen molar-refractivity contribution in [3.05, 3.63) is 34.9 Å². The van der Waals surface area contributed by atoms with Crippen molar-refractivity contribution in [3.8, 4) is 0 Å². The van der Waals surface area contributed by atoms with Gasteiger partial charge >= 0.3 is 0 Å². The third-order valence-corrected chi connectivity index (χ3v) is 4.99. The minimum absolute atomic E-state index is 0.0500. The lowest BCUT2D eigenvalue weighted by atomic mass is 9.90. The van der Waals surface area contributed by atoms with Crippen molar-refractivity contribution < 1.29 is 8.42 Å². The second-order valence-corrected chi connectivity index (χ2v) is 9.59. The number of benzene rings is 1. The molecule has 0 amide bonds. The first-order chi connectivity index (χ1) is 11.0. The van der Waals surface area contributed by atoms with E-state index in [1.54, 1.807) is 7.05 Å². The standard InChI is InChI=1S/C17H28ClN3O2S/c1-13(14-7-6-8-15(18)11-14)21-16(19-4)20-12-17(2,3)9-10-24(5,22)23/h6-8,11,13H,9-10,12H2,1-5H3,(H2,19,20,21). The first kappa shape index (κ1) is 20.8. The van der Waals surface area contributed by atoms with E-state index in [0.717, 1.165) is 5.56 Å². The summed E-state index contributed by atoms with van der Waals surface area (Å²) >= 11 is 6.03. The Kier molecular flexibility index (Phi) is 7.55. The molecular weight excluding hydrogens is 346 g/mol. The lowest BCUT2D eigenvalue weighted by Gasteiger charge is -2.27. The number of halogens is 1. The molecule has 0 aliphatic carbocycles. The molecule has 1 rings (SSSR count). The number of hydrogen-bond donors (Lipinski definition) is 2. The molecule has 5 nitrogen and oxygen atoms in total. The number of hydrogen-bond acceptors (Lipinski definition) is 3. The summed E-state index contributed by atoms with van der Waals surface area (Å²) in [4.78, 5) is 4.23. The minimum Gasteiger partial charge on any atom is -0.356 e. The highest BCUT2D eigenvalue weighted by atomic mass is 35.5. The van der Waals surface area contributed by atoms with Crippen molar-refractivity contribution in [2.75, 3.05) is 25.6 Å². The number of nitrogens with one attached hydrogen (secondary N) is 2. The van der Waals surface area contributed by atoms with Gasteiger partial charge in [-0.2, -0.15) is 0 Å². The number of rotatable bonds is 7. The van der Waals surface area contributed by atoms with Gasteiger partial charge < -0.3 is 10.6 Å². The third-order valence-electron chi connectivity index (χ3n) is 3.81. The van der Waals surface area contributed by atoms with Gasteiger partial charge in [0.15, 0.2) is 5.96 Å². The van der Waals surface area contributed by atoms with Crippen LogP contribution in [0.25, 0.3) is 0 Å². The topological polar surface area (TPSA) is 70.6 Å². The van der Waals surface area contributed by atoms with Crippen LogP contribution in [0.5, 0.6) is 0 Å². The summed E-state index contributed by atoms with van der Waals surface area (Å²) in [6.07, 6.45) is 1.86. The first-order valence-electron chi connectivity index (χ1n) is 7.93. The molecule has 0 spiro atoms. The van der Waals surface area contributed by atoms with E-state index >= 15 is 0 Å². The Morgan fingerprint density at radius 1 is 1.38 bits per heavy atom. The molecule has 0 radical (unpaired) electrons. The smallest absolute Gasteiger partial charge is 0.191 e. The Hall–Kier alpha value is -1.27. The fourth-order valence-corrected chi connectivity index (χ4v) is 3.25. The van der Waals surface area contributed by atoms with Gasteiger partial charge in [0, 0.05) is 24.9 Å². The van der Waals surface area contributed by atoms with E-state index < -0.39 is 9.84 Å². The van der Waals surface area contributed by atoms with E-state index in [1.807, 2.05) is 45.0 Å². The fraction of sp³-hybridized carbons (Fsp3) is 0.588. The molecule has 1 aromatic rings. The Balaban J connectivity index is 2.58. The van der Waals surface area contributed by atoms with Gasteiger partial charge in [-0.15, -0.1) is 0 Å². The third kappa shape index (κ3) is 8.02. The van der Waals surface area contributed by atoms with Crippen molar-refractivity contribution in [1.29, 1.82) is 0 Å². The number of nitrogens with zero attached hydrogens (tertiary/aromatic N) is 1. The zero-order chi connectivity index (χ0) is 18.4. The van der Waals surface area contributed by atoms with E-state index in [-0.39, 0.29) is 17.2 Å². The van der Waals surface area contributed by atoms with E-state index in [1.165, 1.54) is 6.26 Å². The van der Waals surface area contributed by atoms with Gasteiger partial charge in [-0.1, -0.05) is 37.6 Å². The van der Waals surface area contributed by atoms with Gasteiger partial charge in [-0.05, 0) is 36.5 Å². The van der Waals surface area contributed by atoms with Crippen LogP contribution in [0.3, 0.4) is 0 Å². The molecule has 136 valence electrons. The number of sulfone groups is 1. The molecule has 24 heavy (non-hydrogen) atoms. The molecule has 0 heterocycles. The van der Waals surface area contributed by atoms with Crippen LogP contribution in [-0.2, 0) is 9.84 Å². The van der Waals surface area contributed by atoms with Crippen LogP contribution in [0.15, 0.2) is 29.3 Å². The van der Waals surface area contributed by atoms with Crippen LogP contribution in [0, 0.1) is 5.41 Å². The molecule has 1 aromatic carbocycles. The molecule has 0 aromatic heterocycles. The average molecular weight is 374 g/mol. The van der Waals surface area contributed by atoms with Crippen LogP contribution in [0.4, 0.5) is 0 Å². The van der Waals surface area contributed by atoms with Gasteiger partial charge in [0.05, 0.1) is 11.8 Å². The van der Waals surface area contributed by atoms with Gasteiger partial charge in [0.25, 0.3) is 0 Å². The summed E-state index contributed by atoms with van der Waals surface area (Å²) in [5.74, 6) is 0.863. The Morgan fingerprint density at radius 3 is 2.58 bits per heavy atom. The zero-order valence-electron chi connectivity index (χ0n) is 15.1. The predicted octanol–water partition coefficient (Wildman–Crippen LogP) is 3.03. The number of guanidine groups is 1.